The van der Waals surface area contributed by atoms with E-state index in [0.29, 0.717) is 16.1 Å². The Morgan fingerprint density at radius 2 is 2.03 bits per heavy atom. The van der Waals surface area contributed by atoms with Gasteiger partial charge in [0.2, 0.25) is 10.2 Å². The van der Waals surface area contributed by atoms with Crippen molar-refractivity contribution in [1.82, 2.24) is 5.01 Å². The van der Waals surface area contributed by atoms with Crippen LogP contribution in [0.5, 0.6) is 0 Å². The van der Waals surface area contributed by atoms with Gasteiger partial charge in [-0.2, -0.15) is 28.3 Å². The number of benzene rings is 1. The largest absolute Gasteiger partial charge is 0.457 e. The summed E-state index contributed by atoms with van der Waals surface area (Å²) < 4.78 is 44.3. The summed E-state index contributed by atoms with van der Waals surface area (Å²) in [6.45, 7) is 1.73. The Bertz CT molecular complexity index is 1250. The molecule has 1 N–H and O–H groups in total. The van der Waals surface area contributed by atoms with E-state index in [1.165, 1.54) is 24.3 Å². The van der Waals surface area contributed by atoms with Crippen LogP contribution >= 0.6 is 11.8 Å². The Balaban J connectivity index is 1.67. The number of nitrogens with one attached hydrogen (secondary N) is 1. The fourth-order valence-electron chi connectivity index (χ4n) is 2.81. The number of hydrogen-bond acceptors (Lipinski definition) is 7. The molecule has 4 rings (SSSR count). The number of aryl methyl sites for hydroxylation is 1. The summed E-state index contributed by atoms with van der Waals surface area (Å²) in [6.07, 6.45) is -3.57. The maximum atomic E-state index is 12.9. The summed E-state index contributed by atoms with van der Waals surface area (Å²) in [5, 5.41) is 21.5. The van der Waals surface area contributed by atoms with E-state index in [1.807, 2.05) is 0 Å². The van der Waals surface area contributed by atoms with Crippen molar-refractivity contribution in [2.75, 3.05) is 0 Å². The van der Waals surface area contributed by atoms with Crippen LogP contribution in [0.3, 0.4) is 0 Å². The quantitative estimate of drug-likeness (QED) is 0.422. The lowest BCUT2D eigenvalue weighted by Gasteiger charge is -2.19. The van der Waals surface area contributed by atoms with Gasteiger partial charge in [0.25, 0.3) is 11.6 Å². The highest BCUT2D eigenvalue weighted by Crippen LogP contribution is 2.36. The first-order valence-corrected chi connectivity index (χ1v) is 9.29. The number of fused-ring (bicyclic) bond motifs is 1. The van der Waals surface area contributed by atoms with Crippen molar-refractivity contribution in [3.8, 4) is 11.3 Å². The molecular formula is C18H10F3N5O4S. The van der Waals surface area contributed by atoms with E-state index in [9.17, 15) is 28.1 Å². The molecule has 0 aliphatic carbocycles. The standard InChI is InChI=1S/C18H10F3N5O4S/c1-8-2-3-9(26(28)29)6-11(8)13-5-4-10(30-13)7-12-14(22)25-17(23-15(12)27)31-16(24-25)18(19,20)21/h2-7,22H,1H3/b12-7-,22-14?. The number of nitrogens with zero attached hydrogens (tertiary/aromatic N) is 4. The predicted molar refractivity (Wildman–Crippen MR) is 107 cm³/mol. The number of amidine groups is 2. The number of rotatable bonds is 3. The molecule has 2 aromatic rings. The van der Waals surface area contributed by atoms with Gasteiger partial charge in [0, 0.05) is 17.7 Å². The maximum Gasteiger partial charge on any atom is 0.441 e. The lowest BCUT2D eigenvalue weighted by Crippen LogP contribution is -2.35. The van der Waals surface area contributed by atoms with Gasteiger partial charge < -0.3 is 4.42 Å². The van der Waals surface area contributed by atoms with Crippen LogP contribution in [0.4, 0.5) is 18.9 Å². The molecule has 0 bridgehead atoms. The number of hydrazone groups is 1. The van der Waals surface area contributed by atoms with Crippen LogP contribution in [0.25, 0.3) is 17.4 Å². The van der Waals surface area contributed by atoms with Gasteiger partial charge >= 0.3 is 6.18 Å². The number of nitro groups is 1. The number of halogens is 3. The minimum atomic E-state index is -4.73. The highest BCUT2D eigenvalue weighted by molar-refractivity contribution is 8.27. The molecular weight excluding hydrogens is 439 g/mol. The molecule has 9 nitrogen and oxygen atoms in total. The molecule has 1 aromatic carbocycles. The van der Waals surface area contributed by atoms with Crippen LogP contribution in [0.1, 0.15) is 11.3 Å². The number of aliphatic imine (C=N–C) groups is 1. The highest BCUT2D eigenvalue weighted by atomic mass is 32.2. The van der Waals surface area contributed by atoms with Gasteiger partial charge in [-0.1, -0.05) is 6.07 Å². The van der Waals surface area contributed by atoms with E-state index in [-0.39, 0.29) is 39.7 Å². The molecule has 0 atom stereocenters. The monoisotopic (exact) mass is 449 g/mol. The fraction of sp³-hybridized carbons (Fsp3) is 0.111. The molecule has 1 amide bonds. The molecule has 1 aromatic heterocycles. The highest BCUT2D eigenvalue weighted by Gasteiger charge is 2.46. The molecule has 31 heavy (non-hydrogen) atoms. The summed E-state index contributed by atoms with van der Waals surface area (Å²) >= 11 is 0.158. The zero-order chi connectivity index (χ0) is 22.5. The molecule has 0 saturated heterocycles. The number of amides is 1. The van der Waals surface area contributed by atoms with Crippen molar-refractivity contribution in [2.45, 2.75) is 13.1 Å². The molecule has 2 aliphatic rings. The van der Waals surface area contributed by atoms with Crippen molar-refractivity contribution in [3.63, 3.8) is 0 Å². The molecule has 13 heteroatoms. The summed E-state index contributed by atoms with van der Waals surface area (Å²) in [6, 6.07) is 7.24. The zero-order valence-corrected chi connectivity index (χ0v) is 16.2. The van der Waals surface area contributed by atoms with Crippen LogP contribution in [-0.4, -0.2) is 38.1 Å². The Morgan fingerprint density at radius 3 is 2.71 bits per heavy atom. The first-order chi connectivity index (χ1) is 14.5. The smallest absolute Gasteiger partial charge is 0.441 e. The summed E-state index contributed by atoms with van der Waals surface area (Å²) in [5.74, 6) is -1.10. The predicted octanol–water partition coefficient (Wildman–Crippen LogP) is 4.34. The number of nitro benzene ring substituents is 1. The van der Waals surface area contributed by atoms with Gasteiger partial charge in [0.1, 0.15) is 11.5 Å². The van der Waals surface area contributed by atoms with Crippen LogP contribution < -0.4 is 0 Å². The normalized spacial score (nSPS) is 17.7. The van der Waals surface area contributed by atoms with Crippen molar-refractivity contribution < 1.29 is 27.3 Å². The van der Waals surface area contributed by atoms with Gasteiger partial charge in [-0.3, -0.25) is 20.3 Å². The number of alkyl halides is 3. The van der Waals surface area contributed by atoms with Gasteiger partial charge in [-0.05, 0) is 42.5 Å². The summed E-state index contributed by atoms with van der Waals surface area (Å²) in [7, 11) is 0. The van der Waals surface area contributed by atoms with E-state index in [1.54, 1.807) is 13.0 Å². The van der Waals surface area contributed by atoms with Crippen LogP contribution in [-0.2, 0) is 4.79 Å². The number of furan rings is 1. The molecule has 3 heterocycles. The second-order valence-corrected chi connectivity index (χ2v) is 7.34. The van der Waals surface area contributed by atoms with Gasteiger partial charge in [0.05, 0.1) is 10.5 Å². The van der Waals surface area contributed by atoms with E-state index in [0.717, 1.165) is 6.08 Å². The molecule has 0 fully saturated rings. The Labute approximate surface area is 175 Å². The van der Waals surface area contributed by atoms with Crippen LogP contribution in [0.15, 0.2) is 50.4 Å². The third kappa shape index (κ3) is 3.74. The SMILES string of the molecule is Cc1ccc([N+](=O)[O-])cc1-c1ccc(/C=C2/C(=N)N3N=C(C(F)(F)F)SC3=NC2=O)o1. The lowest BCUT2D eigenvalue weighted by atomic mass is 10.1. The molecule has 0 spiro atoms. The number of carbonyl (C=O) groups is 1. The van der Waals surface area contributed by atoms with Gasteiger partial charge in [-0.15, -0.1) is 0 Å². The second kappa shape index (κ2) is 7.19. The molecule has 0 radical (unpaired) electrons. The molecule has 158 valence electrons. The topological polar surface area (TPSA) is 125 Å². The van der Waals surface area contributed by atoms with Crippen LogP contribution in [0.2, 0.25) is 0 Å². The minimum absolute atomic E-state index is 0.111. The van der Waals surface area contributed by atoms with Gasteiger partial charge in [0.15, 0.2) is 5.84 Å². The fourth-order valence-corrected chi connectivity index (χ4v) is 3.57. The lowest BCUT2D eigenvalue weighted by molar-refractivity contribution is -0.384. The van der Waals surface area contributed by atoms with Crippen molar-refractivity contribution in [2.24, 2.45) is 10.1 Å². The Morgan fingerprint density at radius 1 is 1.29 bits per heavy atom. The number of thioether (sulfide) groups is 1. The molecule has 0 unspecified atom stereocenters. The summed E-state index contributed by atoms with van der Waals surface area (Å²) in [5.41, 5.74) is 0.721. The summed E-state index contributed by atoms with van der Waals surface area (Å²) in [4.78, 5) is 26.3. The molecule has 2 aliphatic heterocycles. The minimum Gasteiger partial charge on any atom is -0.457 e. The van der Waals surface area contributed by atoms with E-state index in [2.05, 4.69) is 10.1 Å². The first-order valence-electron chi connectivity index (χ1n) is 8.47. The average molecular weight is 449 g/mol. The van der Waals surface area contributed by atoms with E-state index < -0.39 is 27.9 Å². The number of carbonyl (C=O) groups excluding carboxylic acids is 1. The van der Waals surface area contributed by atoms with Crippen molar-refractivity contribution in [3.05, 3.63) is 57.3 Å². The van der Waals surface area contributed by atoms with Crippen LogP contribution in [0, 0.1) is 22.4 Å². The van der Waals surface area contributed by atoms with Gasteiger partial charge in [-0.25, -0.2) is 0 Å². The third-order valence-corrected chi connectivity index (χ3v) is 5.26. The van der Waals surface area contributed by atoms with Crippen molar-refractivity contribution in [1.29, 1.82) is 5.41 Å². The number of non-ortho nitro benzene ring substituents is 1. The van der Waals surface area contributed by atoms with Crippen molar-refractivity contribution >= 4 is 45.5 Å². The Hall–Kier alpha value is -3.74. The number of hydrogen-bond donors (Lipinski definition) is 1. The first kappa shape index (κ1) is 20.5. The second-order valence-electron chi connectivity index (χ2n) is 6.38. The van der Waals surface area contributed by atoms with E-state index in [4.69, 9.17) is 9.83 Å². The average Bonchev–Trinajstić information content (AvgIpc) is 3.32. The zero-order valence-electron chi connectivity index (χ0n) is 15.4. The van der Waals surface area contributed by atoms with E-state index >= 15 is 0 Å². The maximum absolute atomic E-state index is 12.9. The Kier molecular flexibility index (Phi) is 4.76. The molecule has 0 saturated carbocycles. The third-order valence-electron chi connectivity index (χ3n) is 4.31.